The van der Waals surface area contributed by atoms with Crippen molar-refractivity contribution < 1.29 is 0 Å². The van der Waals surface area contributed by atoms with E-state index < -0.39 is 0 Å². The predicted octanol–water partition coefficient (Wildman–Crippen LogP) is 5.25. The van der Waals surface area contributed by atoms with Gasteiger partial charge in [0.05, 0.1) is 11.4 Å². The van der Waals surface area contributed by atoms with Crippen LogP contribution in [0.5, 0.6) is 0 Å². The number of hydrogen-bond donors (Lipinski definition) is 0. The Morgan fingerprint density at radius 3 is 2.44 bits per heavy atom. The highest BCUT2D eigenvalue weighted by Crippen LogP contribution is 2.31. The van der Waals surface area contributed by atoms with E-state index in [0.29, 0.717) is 0 Å². The van der Waals surface area contributed by atoms with Crippen molar-refractivity contribution >= 4 is 27.3 Å². The van der Waals surface area contributed by atoms with Crippen molar-refractivity contribution in [1.29, 1.82) is 0 Å². The summed E-state index contributed by atoms with van der Waals surface area (Å²) >= 11 is 3.58. The van der Waals surface area contributed by atoms with Crippen LogP contribution in [0.4, 0.5) is 5.69 Å². The molecule has 18 heavy (non-hydrogen) atoms. The number of para-hydroxylation sites is 1. The SMILES string of the molecule is C=C1C(C)=CC(Br)=C(C)C1=Nc1ccccc1C. The van der Waals surface area contributed by atoms with Gasteiger partial charge in [-0.1, -0.05) is 40.7 Å². The molecule has 0 heterocycles. The number of hydrogen-bond acceptors (Lipinski definition) is 1. The van der Waals surface area contributed by atoms with Crippen LogP contribution in [0.1, 0.15) is 19.4 Å². The fourth-order valence-corrected chi connectivity index (χ4v) is 2.40. The molecule has 1 aliphatic carbocycles. The molecule has 0 saturated carbocycles. The highest BCUT2D eigenvalue weighted by atomic mass is 79.9. The third-order valence-corrected chi connectivity index (χ3v) is 3.99. The number of halogens is 1. The number of aryl methyl sites for hydroxylation is 1. The molecule has 0 atom stereocenters. The first-order valence-electron chi connectivity index (χ1n) is 5.89. The van der Waals surface area contributed by atoms with E-state index in [2.05, 4.69) is 55.4 Å². The largest absolute Gasteiger partial charge is 0.248 e. The van der Waals surface area contributed by atoms with Gasteiger partial charge in [0.15, 0.2) is 0 Å². The molecule has 92 valence electrons. The minimum Gasteiger partial charge on any atom is -0.248 e. The Kier molecular flexibility index (Phi) is 3.67. The van der Waals surface area contributed by atoms with E-state index in [1.807, 2.05) is 18.2 Å². The van der Waals surface area contributed by atoms with E-state index in [4.69, 9.17) is 4.99 Å². The Labute approximate surface area is 117 Å². The molecule has 0 aliphatic heterocycles. The highest BCUT2D eigenvalue weighted by Gasteiger charge is 2.17. The van der Waals surface area contributed by atoms with Gasteiger partial charge in [-0.25, -0.2) is 4.99 Å². The monoisotopic (exact) mass is 301 g/mol. The molecule has 0 spiro atoms. The van der Waals surface area contributed by atoms with Crippen LogP contribution >= 0.6 is 15.9 Å². The first-order valence-corrected chi connectivity index (χ1v) is 6.69. The maximum atomic E-state index is 4.77. The van der Waals surface area contributed by atoms with Gasteiger partial charge in [-0.3, -0.25) is 0 Å². The molecule has 1 aliphatic rings. The first-order chi connectivity index (χ1) is 8.50. The van der Waals surface area contributed by atoms with E-state index >= 15 is 0 Å². The molecule has 0 amide bonds. The summed E-state index contributed by atoms with van der Waals surface area (Å²) in [7, 11) is 0. The molecule has 2 rings (SSSR count). The summed E-state index contributed by atoms with van der Waals surface area (Å²) in [6, 6.07) is 8.14. The van der Waals surface area contributed by atoms with Crippen LogP contribution < -0.4 is 0 Å². The summed E-state index contributed by atoms with van der Waals surface area (Å²) in [6.07, 6.45) is 2.09. The third kappa shape index (κ3) is 2.39. The molecule has 0 fully saturated rings. The smallest absolute Gasteiger partial charge is 0.0746 e. The van der Waals surface area contributed by atoms with Crippen LogP contribution in [-0.2, 0) is 0 Å². The number of rotatable bonds is 1. The van der Waals surface area contributed by atoms with Gasteiger partial charge in [-0.05, 0) is 55.2 Å². The summed E-state index contributed by atoms with van der Waals surface area (Å²) < 4.78 is 1.08. The molecule has 1 nitrogen and oxygen atoms in total. The first kappa shape index (κ1) is 13.0. The Balaban J connectivity index is 2.55. The predicted molar refractivity (Wildman–Crippen MR) is 82.8 cm³/mol. The highest BCUT2D eigenvalue weighted by molar-refractivity contribution is 9.12. The molecule has 0 aromatic heterocycles. The van der Waals surface area contributed by atoms with Crippen LogP contribution in [-0.4, -0.2) is 5.71 Å². The molecular weight excluding hydrogens is 286 g/mol. The summed E-state index contributed by atoms with van der Waals surface area (Å²) in [5.41, 5.74) is 6.43. The second-order valence-corrected chi connectivity index (χ2v) is 5.38. The molecule has 1 aromatic rings. The lowest BCUT2D eigenvalue weighted by Gasteiger charge is -2.18. The lowest BCUT2D eigenvalue weighted by molar-refractivity contribution is 1.34. The second kappa shape index (κ2) is 5.07. The molecule has 0 unspecified atom stereocenters. The summed E-state index contributed by atoms with van der Waals surface area (Å²) in [6.45, 7) is 10.3. The van der Waals surface area contributed by atoms with Crippen molar-refractivity contribution in [2.45, 2.75) is 20.8 Å². The van der Waals surface area contributed by atoms with Crippen LogP contribution in [0, 0.1) is 6.92 Å². The van der Waals surface area contributed by atoms with Gasteiger partial charge in [0.1, 0.15) is 0 Å². The molecule has 0 saturated heterocycles. The van der Waals surface area contributed by atoms with Crippen LogP contribution in [0.2, 0.25) is 0 Å². The van der Waals surface area contributed by atoms with Gasteiger partial charge >= 0.3 is 0 Å². The van der Waals surface area contributed by atoms with Crippen molar-refractivity contribution in [2.75, 3.05) is 0 Å². The van der Waals surface area contributed by atoms with E-state index in [9.17, 15) is 0 Å². The minimum atomic E-state index is 0.969. The standard InChI is InChI=1S/C16H16BrN/c1-10-7-5-6-8-15(10)18-16-12(3)11(2)9-14(17)13(16)4/h5-9H,3H2,1-2,4H3. The van der Waals surface area contributed by atoms with E-state index in [0.717, 1.165) is 32.6 Å². The summed E-state index contributed by atoms with van der Waals surface area (Å²) in [4.78, 5) is 4.77. The second-order valence-electron chi connectivity index (χ2n) is 4.53. The average molecular weight is 302 g/mol. The number of aliphatic imine (C=N–C) groups is 1. The molecule has 0 radical (unpaired) electrons. The summed E-state index contributed by atoms with van der Waals surface area (Å²) in [5, 5.41) is 0. The van der Waals surface area contributed by atoms with Gasteiger partial charge in [-0.15, -0.1) is 0 Å². The van der Waals surface area contributed by atoms with Crippen LogP contribution in [0.25, 0.3) is 0 Å². The van der Waals surface area contributed by atoms with Gasteiger partial charge in [0.25, 0.3) is 0 Å². The van der Waals surface area contributed by atoms with E-state index in [1.54, 1.807) is 0 Å². The van der Waals surface area contributed by atoms with Crippen molar-refractivity contribution in [1.82, 2.24) is 0 Å². The molecule has 0 N–H and O–H groups in total. The zero-order chi connectivity index (χ0) is 13.3. The maximum Gasteiger partial charge on any atom is 0.0746 e. The van der Waals surface area contributed by atoms with Crippen LogP contribution in [0.3, 0.4) is 0 Å². The van der Waals surface area contributed by atoms with Gasteiger partial charge in [0, 0.05) is 4.48 Å². The molecule has 2 heteroatoms. The lowest BCUT2D eigenvalue weighted by atomic mass is 9.93. The number of allylic oxidation sites excluding steroid dienone is 5. The van der Waals surface area contributed by atoms with Crippen LogP contribution in [0.15, 0.2) is 63.1 Å². The Hall–Kier alpha value is -1.41. The Bertz CT molecular complexity index is 603. The zero-order valence-corrected chi connectivity index (χ0v) is 12.5. The topological polar surface area (TPSA) is 12.4 Å². The quantitative estimate of drug-likeness (QED) is 0.671. The van der Waals surface area contributed by atoms with E-state index in [-0.39, 0.29) is 0 Å². The normalized spacial score (nSPS) is 18.3. The average Bonchev–Trinajstić information content (AvgIpc) is 2.34. The van der Waals surface area contributed by atoms with Crippen molar-refractivity contribution in [3.63, 3.8) is 0 Å². The molecule has 0 bridgehead atoms. The maximum absolute atomic E-state index is 4.77. The van der Waals surface area contributed by atoms with E-state index in [1.165, 1.54) is 5.56 Å². The number of nitrogens with zero attached hydrogens (tertiary/aromatic N) is 1. The zero-order valence-electron chi connectivity index (χ0n) is 10.9. The van der Waals surface area contributed by atoms with Gasteiger partial charge in [-0.2, -0.15) is 0 Å². The lowest BCUT2D eigenvalue weighted by Crippen LogP contribution is -2.10. The summed E-state index contributed by atoms with van der Waals surface area (Å²) in [5.74, 6) is 0. The fraction of sp³-hybridized carbons (Fsp3) is 0.188. The van der Waals surface area contributed by atoms with Crippen molar-refractivity contribution in [3.8, 4) is 0 Å². The fourth-order valence-electron chi connectivity index (χ4n) is 1.87. The minimum absolute atomic E-state index is 0.969. The molecule has 1 aromatic carbocycles. The molecular formula is C16H16BrN. The Morgan fingerprint density at radius 2 is 1.78 bits per heavy atom. The van der Waals surface area contributed by atoms with Gasteiger partial charge < -0.3 is 0 Å². The van der Waals surface area contributed by atoms with Crippen molar-refractivity contribution in [3.05, 3.63) is 63.7 Å². The van der Waals surface area contributed by atoms with Gasteiger partial charge in [0.2, 0.25) is 0 Å². The Morgan fingerprint density at radius 1 is 1.11 bits per heavy atom. The third-order valence-electron chi connectivity index (χ3n) is 3.17. The van der Waals surface area contributed by atoms with Crippen molar-refractivity contribution in [2.24, 2.45) is 4.99 Å². The number of benzene rings is 1.